The van der Waals surface area contributed by atoms with Crippen molar-refractivity contribution in [2.45, 2.75) is 44.8 Å². The fourth-order valence-electron chi connectivity index (χ4n) is 5.42. The molecule has 13 heteroatoms. The summed E-state index contributed by atoms with van der Waals surface area (Å²) in [5.74, 6) is -0.605. The molecule has 5 rings (SSSR count). The summed E-state index contributed by atoms with van der Waals surface area (Å²) in [5, 5.41) is 19.5. The highest BCUT2D eigenvalue weighted by Crippen LogP contribution is 2.41. The van der Waals surface area contributed by atoms with Crippen LogP contribution < -0.4 is 5.32 Å². The number of hydrogen-bond donors (Lipinski definition) is 3. The molecule has 3 aromatic heterocycles. The van der Waals surface area contributed by atoms with Crippen LogP contribution in [0.3, 0.4) is 0 Å². The lowest BCUT2D eigenvalue weighted by atomic mass is 9.82. The summed E-state index contributed by atoms with van der Waals surface area (Å²) in [5.41, 5.74) is -3.02. The van der Waals surface area contributed by atoms with E-state index in [2.05, 4.69) is 25.9 Å². The molecule has 1 atom stereocenters. The molecule has 1 amide bonds. The average Bonchev–Trinajstić information content (AvgIpc) is 3.31. The van der Waals surface area contributed by atoms with Crippen LogP contribution in [0.5, 0.6) is 0 Å². The van der Waals surface area contributed by atoms with Crippen molar-refractivity contribution in [3.63, 3.8) is 0 Å². The second-order valence-electron chi connectivity index (χ2n) is 10.3. The van der Waals surface area contributed by atoms with Crippen LogP contribution in [0, 0.1) is 41.2 Å². The molecule has 3 heterocycles. The molecular weight excluding hydrogens is 571 g/mol. The van der Waals surface area contributed by atoms with Crippen LogP contribution in [0.1, 0.15) is 49.8 Å². The molecule has 1 aliphatic carbocycles. The van der Waals surface area contributed by atoms with Crippen LogP contribution in [0.4, 0.5) is 18.0 Å². The lowest BCUT2D eigenvalue weighted by molar-refractivity contribution is 0.200. The smallest absolute Gasteiger partial charge is 0.410 e. The Bertz CT molecular complexity index is 1720. The Labute approximate surface area is 243 Å². The number of carboxylic acid groups (broad SMARTS) is 1. The van der Waals surface area contributed by atoms with Gasteiger partial charge in [0, 0.05) is 30.4 Å². The summed E-state index contributed by atoms with van der Waals surface area (Å²) in [6.07, 6.45) is 9.92. The minimum absolute atomic E-state index is 0.0176. The van der Waals surface area contributed by atoms with E-state index in [0.29, 0.717) is 5.56 Å². The van der Waals surface area contributed by atoms with Crippen molar-refractivity contribution in [3.05, 3.63) is 70.5 Å². The second kappa shape index (κ2) is 11.4. The largest absolute Gasteiger partial charge is 0.465 e. The third-order valence-electron chi connectivity index (χ3n) is 7.41. The number of nitrogens with zero attached hydrogens (tertiary/aromatic N) is 5. The van der Waals surface area contributed by atoms with E-state index in [0.717, 1.165) is 50.8 Å². The predicted octanol–water partition coefficient (Wildman–Crippen LogP) is 6.09. The molecule has 1 saturated carbocycles. The van der Waals surface area contributed by atoms with Gasteiger partial charge in [0.2, 0.25) is 0 Å². The number of nitrogens with one attached hydrogen (secondary N) is 2. The van der Waals surface area contributed by atoms with Crippen molar-refractivity contribution < 1.29 is 23.1 Å². The molecule has 1 fully saturated rings. The molecule has 216 valence electrons. The normalized spacial score (nSPS) is 18.3. The van der Waals surface area contributed by atoms with E-state index in [1.54, 1.807) is 0 Å². The molecule has 0 aliphatic heterocycles. The van der Waals surface area contributed by atoms with Gasteiger partial charge >= 0.3 is 6.09 Å². The summed E-state index contributed by atoms with van der Waals surface area (Å²) >= 11 is 6.21. The Balaban J connectivity index is 1.79. The first-order chi connectivity index (χ1) is 20.0. The Morgan fingerprint density at radius 2 is 1.90 bits per heavy atom. The van der Waals surface area contributed by atoms with E-state index in [-0.39, 0.29) is 51.9 Å². The standard InChI is InChI=1S/C29H25ClF3N7O2/c1-3-15-7-9-16(10-8-15)14-40-23-22(17-11-18(30)13-35-12-17)36-26(24(34)37-28(41)42)38-25(23)39-27(40)29(2,33)21-19(31)5-4-6-20(21)32/h1,4-6,11-13,15-16H,7-10,14H2,2H3,(H2,34,37)(H,41,42)/t15-,16-,29?. The summed E-state index contributed by atoms with van der Waals surface area (Å²) < 4.78 is 48.3. The van der Waals surface area contributed by atoms with Crippen molar-refractivity contribution >= 4 is 34.7 Å². The molecule has 0 spiro atoms. The first-order valence-electron chi connectivity index (χ1n) is 13.1. The zero-order valence-corrected chi connectivity index (χ0v) is 23.1. The van der Waals surface area contributed by atoms with E-state index in [1.807, 2.05) is 5.32 Å². The van der Waals surface area contributed by atoms with E-state index < -0.39 is 34.8 Å². The molecular formula is C29H25ClF3N7O2. The molecule has 1 aromatic carbocycles. The number of terminal acetylenes is 1. The van der Waals surface area contributed by atoms with Gasteiger partial charge in [0.25, 0.3) is 0 Å². The SMILES string of the molecule is C#C[C@H]1CC[C@H](Cn2c(C(C)(F)c3c(F)cccc3F)nc3nc(C(=N)NC(=O)O)nc(-c4cncc(Cl)c4)c32)CC1. The minimum Gasteiger partial charge on any atom is -0.465 e. The number of halogens is 4. The van der Waals surface area contributed by atoms with E-state index in [1.165, 1.54) is 23.0 Å². The van der Waals surface area contributed by atoms with Crippen molar-refractivity contribution in [2.75, 3.05) is 0 Å². The average molecular weight is 596 g/mol. The lowest BCUT2D eigenvalue weighted by Gasteiger charge is -2.29. The minimum atomic E-state index is -2.77. The number of benzene rings is 1. The van der Waals surface area contributed by atoms with E-state index in [9.17, 15) is 13.6 Å². The Hall–Kier alpha value is -4.50. The summed E-state index contributed by atoms with van der Waals surface area (Å²) in [6, 6.07) is 4.60. The third-order valence-corrected chi connectivity index (χ3v) is 7.62. The number of aromatic nitrogens is 5. The van der Waals surface area contributed by atoms with Gasteiger partial charge in [-0.1, -0.05) is 17.7 Å². The van der Waals surface area contributed by atoms with Crippen LogP contribution in [0.2, 0.25) is 5.02 Å². The fraction of sp³-hybridized carbons (Fsp3) is 0.310. The molecule has 9 nitrogen and oxygen atoms in total. The Morgan fingerprint density at radius 3 is 2.52 bits per heavy atom. The molecule has 4 aromatic rings. The molecule has 3 N–H and O–H groups in total. The molecule has 0 radical (unpaired) electrons. The number of pyridine rings is 1. The maximum atomic E-state index is 16.9. The quantitative estimate of drug-likeness (QED) is 0.141. The number of alkyl halides is 1. The van der Waals surface area contributed by atoms with Gasteiger partial charge in [-0.2, -0.15) is 0 Å². The Kier molecular flexibility index (Phi) is 7.88. The van der Waals surface area contributed by atoms with E-state index in [4.69, 9.17) is 28.5 Å². The highest BCUT2D eigenvalue weighted by molar-refractivity contribution is 6.30. The number of carbonyl (C=O) groups is 1. The zero-order valence-electron chi connectivity index (χ0n) is 22.3. The van der Waals surface area contributed by atoms with Gasteiger partial charge in [-0.05, 0) is 56.7 Å². The number of amidine groups is 1. The maximum Gasteiger partial charge on any atom is 0.410 e. The van der Waals surface area contributed by atoms with Crippen LogP contribution in [0.25, 0.3) is 22.4 Å². The van der Waals surface area contributed by atoms with Gasteiger partial charge < -0.3 is 9.67 Å². The van der Waals surface area contributed by atoms with Crippen LogP contribution in [-0.2, 0) is 12.2 Å². The first kappa shape index (κ1) is 29.0. The predicted molar refractivity (Wildman–Crippen MR) is 150 cm³/mol. The van der Waals surface area contributed by atoms with Gasteiger partial charge in [-0.25, -0.2) is 32.9 Å². The molecule has 0 saturated heterocycles. The third kappa shape index (κ3) is 5.52. The summed E-state index contributed by atoms with van der Waals surface area (Å²) in [7, 11) is 0. The van der Waals surface area contributed by atoms with Gasteiger partial charge in [-0.15, -0.1) is 12.3 Å². The zero-order chi connectivity index (χ0) is 30.2. The van der Waals surface area contributed by atoms with Gasteiger partial charge in [0.05, 0.1) is 10.6 Å². The highest BCUT2D eigenvalue weighted by atomic mass is 35.5. The topological polar surface area (TPSA) is 130 Å². The van der Waals surface area contributed by atoms with Gasteiger partial charge in [0.15, 0.2) is 28.8 Å². The van der Waals surface area contributed by atoms with Crippen molar-refractivity contribution in [1.82, 2.24) is 29.8 Å². The molecule has 1 aliphatic rings. The number of rotatable bonds is 6. The van der Waals surface area contributed by atoms with E-state index >= 15 is 4.39 Å². The molecule has 42 heavy (non-hydrogen) atoms. The number of fused-ring (bicyclic) bond motifs is 1. The maximum absolute atomic E-state index is 16.9. The summed E-state index contributed by atoms with van der Waals surface area (Å²) in [6.45, 7) is 1.22. The monoisotopic (exact) mass is 595 g/mol. The van der Waals surface area contributed by atoms with Gasteiger partial charge in [-0.3, -0.25) is 15.7 Å². The lowest BCUT2D eigenvalue weighted by Crippen LogP contribution is -2.30. The molecule has 0 bridgehead atoms. The van der Waals surface area contributed by atoms with Crippen LogP contribution in [0.15, 0.2) is 36.7 Å². The van der Waals surface area contributed by atoms with Crippen molar-refractivity contribution in [3.8, 4) is 23.6 Å². The number of hydrogen-bond acceptors (Lipinski definition) is 6. The highest BCUT2D eigenvalue weighted by Gasteiger charge is 2.41. The summed E-state index contributed by atoms with van der Waals surface area (Å²) in [4.78, 5) is 28.4. The van der Waals surface area contributed by atoms with Crippen molar-refractivity contribution in [2.24, 2.45) is 11.8 Å². The first-order valence-corrected chi connectivity index (χ1v) is 13.5. The number of imidazole rings is 1. The molecule has 1 unspecified atom stereocenters. The second-order valence-corrected chi connectivity index (χ2v) is 10.7. The fourth-order valence-corrected chi connectivity index (χ4v) is 5.59. The van der Waals surface area contributed by atoms with Crippen LogP contribution in [-0.4, -0.2) is 41.5 Å². The van der Waals surface area contributed by atoms with Crippen LogP contribution >= 0.6 is 11.6 Å². The van der Waals surface area contributed by atoms with Crippen molar-refractivity contribution in [1.29, 1.82) is 5.41 Å². The Morgan fingerprint density at radius 1 is 1.21 bits per heavy atom. The van der Waals surface area contributed by atoms with Gasteiger partial charge in [0.1, 0.15) is 22.8 Å². The number of amides is 1.